The summed E-state index contributed by atoms with van der Waals surface area (Å²) in [6, 6.07) is 28.1. The maximum atomic E-state index is 13.8. The number of carbonyl (C=O) groups is 6. The van der Waals surface area contributed by atoms with Crippen molar-refractivity contribution in [1.82, 2.24) is 43.8 Å². The number of nitrogens with one attached hydrogen (secondary N) is 1. The molecule has 6 aromatic rings. The molecular weight excluding hydrogens is 1220 g/mol. The number of nitriles is 2. The monoisotopic (exact) mass is 1310 g/mol. The Kier molecular flexibility index (Phi) is 20.1. The third-order valence-corrected chi connectivity index (χ3v) is 20.3. The van der Waals surface area contributed by atoms with Crippen LogP contribution in [0.25, 0.3) is 0 Å². The number of fused-ring (bicyclic) bond motifs is 9. The Labute approximate surface area is 562 Å². The van der Waals surface area contributed by atoms with Gasteiger partial charge >= 0.3 is 18.3 Å². The van der Waals surface area contributed by atoms with E-state index < -0.39 is 16.2 Å². The quantitative estimate of drug-likeness (QED) is 0.0741. The predicted molar refractivity (Wildman–Crippen MR) is 360 cm³/mol. The minimum absolute atomic E-state index is 0. The summed E-state index contributed by atoms with van der Waals surface area (Å²) in [6.45, 7) is 11.1. The fourth-order valence-corrected chi connectivity index (χ4v) is 15.8. The van der Waals surface area contributed by atoms with Crippen LogP contribution >= 0.6 is 0 Å². The van der Waals surface area contributed by atoms with Crippen LogP contribution in [0.2, 0.25) is 0 Å². The lowest BCUT2D eigenvalue weighted by Crippen LogP contribution is -2.65. The molecule has 9 heterocycles. The van der Waals surface area contributed by atoms with E-state index in [4.69, 9.17) is 39.7 Å². The average molecular weight is 1310 g/mol. The number of H-pyrrole nitrogens is 1. The number of ether oxygens (including phenoxy) is 3. The second kappa shape index (κ2) is 28.4. The molecule has 506 valence electrons. The van der Waals surface area contributed by atoms with Crippen molar-refractivity contribution in [1.29, 1.82) is 10.5 Å². The van der Waals surface area contributed by atoms with Crippen LogP contribution in [0.1, 0.15) is 168 Å². The van der Waals surface area contributed by atoms with Gasteiger partial charge in [0.15, 0.2) is 0 Å². The van der Waals surface area contributed by atoms with Gasteiger partial charge in [-0.1, -0.05) is 69.5 Å². The number of aryl methyl sites for hydroxylation is 4. The van der Waals surface area contributed by atoms with Gasteiger partial charge in [0.25, 0.3) is 0 Å². The zero-order valence-electron chi connectivity index (χ0n) is 54.1. The number of nitrogens with zero attached hydrogens (tertiary/aromatic N) is 13. The van der Waals surface area contributed by atoms with Crippen LogP contribution in [-0.2, 0) is 116 Å². The maximum absolute atomic E-state index is 13.8. The number of imidazole rings is 3. The van der Waals surface area contributed by atoms with E-state index in [2.05, 4.69) is 26.3 Å². The van der Waals surface area contributed by atoms with Gasteiger partial charge in [0.2, 0.25) is 17.7 Å². The van der Waals surface area contributed by atoms with Crippen LogP contribution < -0.4 is 14.7 Å². The standard InChI is InChI=1S/2C25H29N5O3.C21H24N4O3.2CH4/c2*1-2-33-24(32)28-16-25(17-28)18-9-3-5-11-20(18)30(23(25)31)15-22-27-19-10-4-6-12-21(19)29(22)14-8-7-13-26;1-2-28-20(27)24-12-21(13-24)14-7-3-6-10-17(14)25(19(21)26)11-18-22-15-8-4-5-9-16(15)23-18;;/h2*3,5,9,11H,2,4,6-8,10,12,14-17H2,1H3;3,6-7,10H,2,4-5,8-9,11-13H2,1H3,(H,22,23);2*1H4. The average Bonchev–Trinajstić information content (AvgIpc) is 1.55. The molecule has 23 nitrogen and oxygen atoms in total. The summed E-state index contributed by atoms with van der Waals surface area (Å²) < 4.78 is 19.8. The molecule has 0 bridgehead atoms. The molecule has 6 amide bonds. The molecule has 15 rings (SSSR count). The Morgan fingerprint density at radius 1 is 0.479 bits per heavy atom. The van der Waals surface area contributed by atoms with Crippen LogP contribution in [0, 0.1) is 22.7 Å². The number of amides is 6. The summed E-state index contributed by atoms with van der Waals surface area (Å²) in [5.74, 6) is 2.71. The van der Waals surface area contributed by atoms with E-state index in [1.54, 1.807) is 35.5 Å². The van der Waals surface area contributed by atoms with E-state index in [9.17, 15) is 28.8 Å². The van der Waals surface area contributed by atoms with Crippen molar-refractivity contribution in [3.63, 3.8) is 0 Å². The first kappa shape index (κ1) is 67.9. The van der Waals surface area contributed by atoms with Crippen LogP contribution in [0.5, 0.6) is 0 Å². The number of carbonyl (C=O) groups excluding carboxylic acids is 6. The SMILES string of the molecule is C.C.CCOC(=O)N1CC2(C1)C(=O)N(Cc1nc3c([nH]1)CCCC3)c1ccccc12.CCOC(=O)N1CC2(C1)C(=O)N(Cc1nc3c(n1CCCC#N)CCCC3)c1ccccc12.CCOC(=O)N1CC2(C1)C(=O)N(Cc1nc3c(n1CCCC#N)CCCC3)c1ccccc12. The number of anilines is 3. The highest BCUT2D eigenvalue weighted by atomic mass is 16.6. The van der Waals surface area contributed by atoms with Crippen LogP contribution in [-0.4, -0.2) is 139 Å². The van der Waals surface area contributed by atoms with Crippen molar-refractivity contribution in [3.8, 4) is 12.1 Å². The highest BCUT2D eigenvalue weighted by Gasteiger charge is 2.62. The Morgan fingerprint density at radius 2 is 0.823 bits per heavy atom. The van der Waals surface area contributed by atoms with Gasteiger partial charge in [0, 0.05) is 99.3 Å². The molecule has 96 heavy (non-hydrogen) atoms. The fourth-order valence-electron chi connectivity index (χ4n) is 15.8. The molecule has 0 atom stereocenters. The number of hydrogen-bond acceptors (Lipinski definition) is 14. The molecule has 0 unspecified atom stereocenters. The third-order valence-electron chi connectivity index (χ3n) is 20.3. The first-order valence-corrected chi connectivity index (χ1v) is 33.7. The molecular formula is C73H90N14O9. The first-order valence-electron chi connectivity index (χ1n) is 33.7. The van der Waals surface area contributed by atoms with E-state index in [-0.39, 0.29) is 50.9 Å². The second-order valence-electron chi connectivity index (χ2n) is 26.0. The predicted octanol–water partition coefficient (Wildman–Crippen LogP) is 10.5. The molecule has 3 aromatic heterocycles. The number of hydrogen-bond donors (Lipinski definition) is 1. The van der Waals surface area contributed by atoms with Crippen molar-refractivity contribution in [3.05, 3.63) is 141 Å². The van der Waals surface area contributed by atoms with Crippen LogP contribution in [0.3, 0.4) is 0 Å². The molecule has 3 fully saturated rings. The van der Waals surface area contributed by atoms with Crippen LogP contribution in [0.4, 0.5) is 31.4 Å². The number of rotatable bonds is 15. The van der Waals surface area contributed by atoms with E-state index >= 15 is 0 Å². The number of aromatic nitrogens is 6. The Morgan fingerprint density at radius 3 is 1.19 bits per heavy atom. The van der Waals surface area contributed by atoms with Gasteiger partial charge in [-0.15, -0.1) is 0 Å². The van der Waals surface area contributed by atoms with Gasteiger partial charge in [-0.05, 0) is 146 Å². The highest BCUT2D eigenvalue weighted by molar-refractivity contribution is 6.11. The lowest BCUT2D eigenvalue weighted by atomic mass is 9.75. The maximum Gasteiger partial charge on any atom is 0.409 e. The van der Waals surface area contributed by atoms with Crippen molar-refractivity contribution in [2.24, 2.45) is 0 Å². The van der Waals surface area contributed by atoms with E-state index in [0.717, 1.165) is 158 Å². The Bertz CT molecular complexity index is 3800. The van der Waals surface area contributed by atoms with Crippen LogP contribution in [0.15, 0.2) is 72.8 Å². The minimum Gasteiger partial charge on any atom is -0.450 e. The van der Waals surface area contributed by atoms with Crippen molar-refractivity contribution >= 4 is 53.1 Å². The van der Waals surface area contributed by atoms with Gasteiger partial charge < -0.3 is 57.7 Å². The molecule has 1 N–H and O–H groups in total. The molecule has 3 saturated heterocycles. The Hall–Kier alpha value is -9.51. The van der Waals surface area contributed by atoms with E-state index in [1.807, 2.05) is 87.5 Å². The molecule has 0 radical (unpaired) electrons. The molecule has 23 heteroatoms. The van der Waals surface area contributed by atoms with Gasteiger partial charge in [-0.25, -0.2) is 29.3 Å². The van der Waals surface area contributed by atoms with Crippen molar-refractivity contribution in [2.45, 2.75) is 187 Å². The zero-order valence-corrected chi connectivity index (χ0v) is 54.1. The Balaban J connectivity index is 0.000000145. The second-order valence-corrected chi connectivity index (χ2v) is 26.0. The summed E-state index contributed by atoms with van der Waals surface area (Å²) in [5, 5.41) is 18.0. The minimum atomic E-state index is -0.707. The first-order chi connectivity index (χ1) is 45.8. The molecule has 3 aromatic carbocycles. The number of para-hydroxylation sites is 3. The molecule has 0 saturated carbocycles. The topological polar surface area (TPSA) is 261 Å². The molecule has 3 aliphatic carbocycles. The number of benzene rings is 3. The summed E-state index contributed by atoms with van der Waals surface area (Å²) in [4.78, 5) is 106. The van der Waals surface area contributed by atoms with Gasteiger partial charge in [0.05, 0.1) is 68.7 Å². The summed E-state index contributed by atoms with van der Waals surface area (Å²) >= 11 is 0. The number of likely N-dealkylation sites (tertiary alicyclic amines) is 3. The van der Waals surface area contributed by atoms with Crippen molar-refractivity contribution < 1.29 is 43.0 Å². The normalized spacial score (nSPS) is 18.0. The van der Waals surface area contributed by atoms with E-state index in [0.29, 0.717) is 91.6 Å². The fraction of sp³-hybridized carbons (Fsp3) is 0.521. The molecule has 9 aliphatic rings. The van der Waals surface area contributed by atoms with Crippen molar-refractivity contribution in [2.75, 3.05) is 73.8 Å². The van der Waals surface area contributed by atoms with Gasteiger partial charge in [0.1, 0.15) is 33.7 Å². The summed E-state index contributed by atoms with van der Waals surface area (Å²) in [6.07, 6.45) is 14.4. The largest absolute Gasteiger partial charge is 0.450 e. The number of aromatic amines is 1. The molecule has 3 spiro atoms. The lowest BCUT2D eigenvalue weighted by Gasteiger charge is -2.45. The van der Waals surface area contributed by atoms with Gasteiger partial charge in [-0.2, -0.15) is 10.5 Å². The number of unbranched alkanes of at least 4 members (excludes halogenated alkanes) is 2. The molecule has 6 aliphatic heterocycles. The zero-order chi connectivity index (χ0) is 65.3. The summed E-state index contributed by atoms with van der Waals surface area (Å²) in [5.41, 5.74) is 10.8. The van der Waals surface area contributed by atoms with Gasteiger partial charge in [-0.3, -0.25) is 14.4 Å². The lowest BCUT2D eigenvalue weighted by molar-refractivity contribution is -0.129. The highest BCUT2D eigenvalue weighted by Crippen LogP contribution is 2.51. The smallest absolute Gasteiger partial charge is 0.409 e. The summed E-state index contributed by atoms with van der Waals surface area (Å²) in [7, 11) is 0. The third kappa shape index (κ3) is 12.0. The van der Waals surface area contributed by atoms with E-state index in [1.165, 1.54) is 29.9 Å².